The highest BCUT2D eigenvalue weighted by atomic mass is 16.2. The molecular weight excluding hydrogens is 276 g/mol. The van der Waals surface area contributed by atoms with Crippen molar-refractivity contribution in [2.45, 2.75) is 51.4 Å². The van der Waals surface area contributed by atoms with E-state index in [1.54, 1.807) is 0 Å². The zero-order chi connectivity index (χ0) is 15.9. The third-order valence-electron chi connectivity index (χ3n) is 4.39. The van der Waals surface area contributed by atoms with Gasteiger partial charge < -0.3 is 5.32 Å². The van der Waals surface area contributed by atoms with Gasteiger partial charge in [-0.3, -0.25) is 14.9 Å². The van der Waals surface area contributed by atoms with E-state index in [-0.39, 0.29) is 17.7 Å². The number of hydrogen-bond acceptors (Lipinski definition) is 3. The van der Waals surface area contributed by atoms with E-state index in [1.165, 1.54) is 18.4 Å². The number of nitrogens with one attached hydrogen (secondary N) is 2. The van der Waals surface area contributed by atoms with E-state index in [0.717, 1.165) is 18.7 Å². The monoisotopic (exact) mass is 302 g/mol. The summed E-state index contributed by atoms with van der Waals surface area (Å²) in [6.45, 7) is 6.17. The van der Waals surface area contributed by atoms with E-state index in [1.807, 2.05) is 13.8 Å². The molecule has 1 aromatic rings. The van der Waals surface area contributed by atoms with Gasteiger partial charge in [0.2, 0.25) is 11.8 Å². The SMILES string of the molecule is CC.O=C1CCC(c2ccc(C3CCNCC3)cc2)C(=O)N1. The Morgan fingerprint density at radius 1 is 0.909 bits per heavy atom. The van der Waals surface area contributed by atoms with Gasteiger partial charge in [-0.1, -0.05) is 38.1 Å². The summed E-state index contributed by atoms with van der Waals surface area (Å²) in [6.07, 6.45) is 3.42. The van der Waals surface area contributed by atoms with Gasteiger partial charge in [0.1, 0.15) is 0 Å². The van der Waals surface area contributed by atoms with Gasteiger partial charge in [-0.05, 0) is 49.4 Å². The number of rotatable bonds is 2. The molecule has 0 aliphatic carbocycles. The maximum absolute atomic E-state index is 11.9. The molecule has 0 aromatic heterocycles. The molecule has 0 radical (unpaired) electrons. The van der Waals surface area contributed by atoms with Crippen LogP contribution in [0, 0.1) is 0 Å². The second kappa shape index (κ2) is 8.08. The zero-order valence-corrected chi connectivity index (χ0v) is 13.5. The minimum absolute atomic E-state index is 0.155. The van der Waals surface area contributed by atoms with Gasteiger partial charge in [0, 0.05) is 6.42 Å². The first-order valence-electron chi connectivity index (χ1n) is 8.38. The molecule has 0 bridgehead atoms. The third kappa shape index (κ3) is 3.95. The summed E-state index contributed by atoms with van der Waals surface area (Å²) in [5.41, 5.74) is 2.38. The molecule has 3 rings (SSSR count). The Morgan fingerprint density at radius 2 is 1.50 bits per heavy atom. The van der Waals surface area contributed by atoms with Crippen LogP contribution < -0.4 is 10.6 Å². The average Bonchev–Trinajstić information content (AvgIpc) is 2.58. The largest absolute Gasteiger partial charge is 0.317 e. The van der Waals surface area contributed by atoms with Crippen molar-refractivity contribution in [2.24, 2.45) is 0 Å². The number of piperidine rings is 2. The molecule has 2 N–H and O–H groups in total. The standard InChI is InChI=1S/C16H20N2O2.C2H6/c19-15-6-5-14(16(20)18-15)13-3-1-11(2-4-13)12-7-9-17-10-8-12;1-2/h1-4,12,14,17H,5-10H2,(H,18,19,20);1-2H3. The first-order chi connectivity index (χ1) is 10.7. The zero-order valence-electron chi connectivity index (χ0n) is 13.5. The topological polar surface area (TPSA) is 58.2 Å². The molecule has 2 amide bonds. The highest BCUT2D eigenvalue weighted by Crippen LogP contribution is 2.29. The van der Waals surface area contributed by atoms with E-state index >= 15 is 0 Å². The van der Waals surface area contributed by atoms with Crippen LogP contribution in [0.1, 0.15) is 62.5 Å². The normalized spacial score (nSPS) is 22.5. The summed E-state index contributed by atoms with van der Waals surface area (Å²) in [5.74, 6) is 0.148. The van der Waals surface area contributed by atoms with Crippen molar-refractivity contribution in [3.8, 4) is 0 Å². The van der Waals surface area contributed by atoms with Crippen molar-refractivity contribution in [1.29, 1.82) is 0 Å². The Kier molecular flexibility index (Phi) is 6.13. The van der Waals surface area contributed by atoms with Gasteiger partial charge in [0.05, 0.1) is 5.92 Å². The first kappa shape index (κ1) is 16.7. The Morgan fingerprint density at radius 3 is 2.09 bits per heavy atom. The molecular formula is C18H26N2O2. The molecule has 4 nitrogen and oxygen atoms in total. The van der Waals surface area contributed by atoms with Crippen molar-refractivity contribution >= 4 is 11.8 Å². The van der Waals surface area contributed by atoms with Gasteiger partial charge in [0.15, 0.2) is 0 Å². The molecule has 22 heavy (non-hydrogen) atoms. The number of imide groups is 1. The van der Waals surface area contributed by atoms with Gasteiger partial charge in [-0.2, -0.15) is 0 Å². The lowest BCUT2D eigenvalue weighted by molar-refractivity contribution is -0.134. The quantitative estimate of drug-likeness (QED) is 0.826. The van der Waals surface area contributed by atoms with Crippen LogP contribution in [0.5, 0.6) is 0 Å². The molecule has 1 unspecified atom stereocenters. The summed E-state index contributed by atoms with van der Waals surface area (Å²) in [5, 5.41) is 5.79. The maximum atomic E-state index is 11.9. The van der Waals surface area contributed by atoms with Crippen LogP contribution in [-0.4, -0.2) is 24.9 Å². The number of amides is 2. The Labute approximate surface area is 132 Å². The van der Waals surface area contributed by atoms with Crippen LogP contribution in [0.25, 0.3) is 0 Å². The molecule has 2 aliphatic heterocycles. The van der Waals surface area contributed by atoms with Crippen molar-refractivity contribution < 1.29 is 9.59 Å². The fourth-order valence-corrected chi connectivity index (χ4v) is 3.17. The Balaban J connectivity index is 0.000000847. The number of benzene rings is 1. The van der Waals surface area contributed by atoms with Crippen LogP contribution in [0.15, 0.2) is 24.3 Å². The first-order valence-corrected chi connectivity index (χ1v) is 8.38. The van der Waals surface area contributed by atoms with Crippen LogP contribution in [-0.2, 0) is 9.59 Å². The molecule has 120 valence electrons. The van der Waals surface area contributed by atoms with Crippen molar-refractivity contribution in [3.05, 3.63) is 35.4 Å². The molecule has 2 aliphatic rings. The van der Waals surface area contributed by atoms with E-state index in [4.69, 9.17) is 0 Å². The van der Waals surface area contributed by atoms with Crippen LogP contribution in [0.2, 0.25) is 0 Å². The van der Waals surface area contributed by atoms with E-state index < -0.39 is 0 Å². The van der Waals surface area contributed by atoms with Crippen molar-refractivity contribution in [1.82, 2.24) is 10.6 Å². The number of carbonyl (C=O) groups excluding carboxylic acids is 2. The van der Waals surface area contributed by atoms with Gasteiger partial charge in [-0.25, -0.2) is 0 Å². The minimum Gasteiger partial charge on any atom is -0.317 e. The minimum atomic E-state index is -0.172. The predicted octanol–water partition coefficient (Wildman–Crippen LogP) is 2.70. The summed E-state index contributed by atoms with van der Waals surface area (Å²) >= 11 is 0. The lowest BCUT2D eigenvalue weighted by Crippen LogP contribution is -2.39. The summed E-state index contributed by atoms with van der Waals surface area (Å²) < 4.78 is 0. The van der Waals surface area contributed by atoms with Gasteiger partial charge in [0.25, 0.3) is 0 Å². The highest BCUT2D eigenvalue weighted by Gasteiger charge is 2.28. The van der Waals surface area contributed by atoms with Crippen molar-refractivity contribution in [3.63, 3.8) is 0 Å². The lowest BCUT2D eigenvalue weighted by Gasteiger charge is -2.24. The molecule has 1 aromatic carbocycles. The smallest absolute Gasteiger partial charge is 0.234 e. The maximum Gasteiger partial charge on any atom is 0.234 e. The number of carbonyl (C=O) groups is 2. The van der Waals surface area contributed by atoms with E-state index in [9.17, 15) is 9.59 Å². The second-order valence-electron chi connectivity index (χ2n) is 5.69. The molecule has 2 saturated heterocycles. The second-order valence-corrected chi connectivity index (χ2v) is 5.69. The fourth-order valence-electron chi connectivity index (χ4n) is 3.17. The van der Waals surface area contributed by atoms with Crippen LogP contribution in [0.4, 0.5) is 0 Å². The molecule has 0 spiro atoms. The van der Waals surface area contributed by atoms with Crippen LogP contribution in [0.3, 0.4) is 0 Å². The molecule has 1 atom stereocenters. The third-order valence-corrected chi connectivity index (χ3v) is 4.39. The highest BCUT2D eigenvalue weighted by molar-refractivity contribution is 6.00. The fraction of sp³-hybridized carbons (Fsp3) is 0.556. The van der Waals surface area contributed by atoms with E-state index in [2.05, 4.69) is 34.9 Å². The Hall–Kier alpha value is -1.68. The molecule has 4 heteroatoms. The predicted molar refractivity (Wildman–Crippen MR) is 87.8 cm³/mol. The molecule has 2 fully saturated rings. The summed E-state index contributed by atoms with van der Waals surface area (Å²) in [4.78, 5) is 23.0. The molecule has 0 saturated carbocycles. The number of hydrogen-bond donors (Lipinski definition) is 2. The summed E-state index contributed by atoms with van der Waals surface area (Å²) in [7, 11) is 0. The van der Waals surface area contributed by atoms with Crippen molar-refractivity contribution in [2.75, 3.05) is 13.1 Å². The summed E-state index contributed by atoms with van der Waals surface area (Å²) in [6, 6.07) is 8.40. The Bertz CT molecular complexity index is 504. The van der Waals surface area contributed by atoms with E-state index in [0.29, 0.717) is 18.8 Å². The average molecular weight is 302 g/mol. The van der Waals surface area contributed by atoms with Gasteiger partial charge >= 0.3 is 0 Å². The molecule has 2 heterocycles. The van der Waals surface area contributed by atoms with Crippen LogP contribution >= 0.6 is 0 Å². The van der Waals surface area contributed by atoms with Gasteiger partial charge in [-0.15, -0.1) is 0 Å². The lowest BCUT2D eigenvalue weighted by atomic mass is 9.86.